The molecule has 3 heterocycles. The fourth-order valence-corrected chi connectivity index (χ4v) is 4.87. The van der Waals surface area contributed by atoms with Crippen LogP contribution in [0.5, 0.6) is 0 Å². The molecule has 4 atom stereocenters. The molecule has 0 bridgehead atoms. The summed E-state index contributed by atoms with van der Waals surface area (Å²) in [4.78, 5) is 41.3. The van der Waals surface area contributed by atoms with Crippen LogP contribution >= 0.6 is 0 Å². The lowest BCUT2D eigenvalue weighted by molar-refractivity contribution is -0.145. The van der Waals surface area contributed by atoms with Crippen molar-refractivity contribution in [1.82, 2.24) is 20.6 Å². The second kappa shape index (κ2) is 9.65. The Morgan fingerprint density at radius 2 is 1.81 bits per heavy atom. The molecule has 0 aromatic heterocycles. The zero-order valence-electron chi connectivity index (χ0n) is 17.5. The molecular formula is C22H30N4O5. The molecule has 3 N–H and O–H groups in total. The summed E-state index contributed by atoms with van der Waals surface area (Å²) in [5.74, 6) is -1.35. The molecule has 9 nitrogen and oxygen atoms in total. The number of carbonyl (C=O) groups is 3. The summed E-state index contributed by atoms with van der Waals surface area (Å²) in [5, 5.41) is 12.3. The molecule has 168 valence electrons. The van der Waals surface area contributed by atoms with Crippen LogP contribution in [0.15, 0.2) is 30.3 Å². The van der Waals surface area contributed by atoms with E-state index in [1.54, 1.807) is 15.3 Å². The third-order valence-electron chi connectivity index (χ3n) is 6.60. The van der Waals surface area contributed by atoms with Crippen molar-refractivity contribution in [3.8, 4) is 0 Å². The quantitative estimate of drug-likeness (QED) is 0.487. The molecule has 1 aromatic rings. The van der Waals surface area contributed by atoms with Crippen LogP contribution < -0.4 is 10.8 Å². The average Bonchev–Trinajstić information content (AvgIpc) is 3.51. The molecule has 3 amide bonds. The Labute approximate surface area is 181 Å². The molecule has 31 heavy (non-hydrogen) atoms. The van der Waals surface area contributed by atoms with Crippen molar-refractivity contribution in [2.45, 2.75) is 43.7 Å². The summed E-state index contributed by atoms with van der Waals surface area (Å²) in [6.07, 6.45) is 2.06. The first-order valence-corrected chi connectivity index (χ1v) is 11.0. The van der Waals surface area contributed by atoms with E-state index in [1.165, 1.54) is 5.56 Å². The number of piperidine rings is 1. The maximum Gasteiger partial charge on any atom is 0.410 e. The normalized spacial score (nSPS) is 28.4. The predicted octanol–water partition coefficient (Wildman–Crippen LogP) is 1.09. The minimum atomic E-state index is -0.821. The monoisotopic (exact) mass is 430 g/mol. The molecule has 0 saturated carbocycles. The maximum absolute atomic E-state index is 13.2. The number of benzene rings is 1. The van der Waals surface area contributed by atoms with Crippen LogP contribution in [0.2, 0.25) is 0 Å². The largest absolute Gasteiger partial charge is 0.445 e. The van der Waals surface area contributed by atoms with Crippen LogP contribution in [0.3, 0.4) is 0 Å². The molecule has 4 rings (SSSR count). The first-order valence-electron chi connectivity index (χ1n) is 11.0. The van der Waals surface area contributed by atoms with Crippen LogP contribution in [0.1, 0.15) is 37.2 Å². The lowest BCUT2D eigenvalue weighted by Gasteiger charge is -2.36. The Morgan fingerprint density at radius 3 is 2.52 bits per heavy atom. The highest BCUT2D eigenvalue weighted by Gasteiger charge is 2.43. The van der Waals surface area contributed by atoms with Crippen LogP contribution in [-0.2, 0) is 14.3 Å². The lowest BCUT2D eigenvalue weighted by atomic mass is 9.87. The Bertz CT molecular complexity index is 798. The van der Waals surface area contributed by atoms with E-state index in [2.05, 4.69) is 17.4 Å². The van der Waals surface area contributed by atoms with Gasteiger partial charge in [-0.3, -0.25) is 14.8 Å². The third kappa shape index (κ3) is 4.83. The van der Waals surface area contributed by atoms with Gasteiger partial charge in [-0.1, -0.05) is 30.3 Å². The molecular weight excluding hydrogens is 400 g/mol. The average molecular weight is 431 g/mol. The first-order chi connectivity index (χ1) is 15.1. The molecule has 0 aliphatic carbocycles. The topological polar surface area (TPSA) is 111 Å². The number of hydrogen-bond acceptors (Lipinski definition) is 6. The molecule has 3 fully saturated rings. The zero-order valence-corrected chi connectivity index (χ0v) is 17.5. The Hall–Kier alpha value is -2.65. The number of hydroxylamine groups is 1. The van der Waals surface area contributed by atoms with Crippen molar-refractivity contribution in [1.29, 1.82) is 0 Å². The number of likely N-dealkylation sites (tertiary alicyclic amines) is 2. The lowest BCUT2D eigenvalue weighted by Crippen LogP contribution is -2.59. The summed E-state index contributed by atoms with van der Waals surface area (Å²) in [7, 11) is 0. The van der Waals surface area contributed by atoms with Gasteiger partial charge in [-0.05, 0) is 31.2 Å². The maximum atomic E-state index is 13.2. The molecule has 0 radical (unpaired) electrons. The highest BCUT2D eigenvalue weighted by Crippen LogP contribution is 2.29. The van der Waals surface area contributed by atoms with Gasteiger partial charge in [0, 0.05) is 38.6 Å². The van der Waals surface area contributed by atoms with Crippen molar-refractivity contribution in [3.05, 3.63) is 35.9 Å². The van der Waals surface area contributed by atoms with Gasteiger partial charge in [-0.25, -0.2) is 10.3 Å². The standard InChI is InChI=1S/C22H30N4O5/c27-20(24-30)18-12-17(31-22(29)25-9-4-5-10-25)13-23-19(18)21(28)26-11-8-16(14-26)15-6-2-1-3-7-15/h1-3,6-7,16-19,23,30H,4-5,8-14H2,(H,24,27)/t16-,17?,18+,19+/m1/s1. The van der Waals surface area contributed by atoms with E-state index in [0.29, 0.717) is 32.7 Å². The smallest absolute Gasteiger partial charge is 0.410 e. The summed E-state index contributed by atoms with van der Waals surface area (Å²) < 4.78 is 5.57. The molecule has 0 spiro atoms. The highest BCUT2D eigenvalue weighted by atomic mass is 16.6. The van der Waals surface area contributed by atoms with E-state index in [4.69, 9.17) is 4.74 Å². The van der Waals surface area contributed by atoms with Gasteiger partial charge in [0.1, 0.15) is 6.10 Å². The summed E-state index contributed by atoms with van der Waals surface area (Å²) in [5.41, 5.74) is 2.87. The third-order valence-corrected chi connectivity index (χ3v) is 6.60. The van der Waals surface area contributed by atoms with Gasteiger partial charge in [-0.2, -0.15) is 0 Å². The van der Waals surface area contributed by atoms with E-state index in [0.717, 1.165) is 19.3 Å². The fraction of sp³-hybridized carbons (Fsp3) is 0.591. The molecule has 9 heteroatoms. The number of hydrogen-bond donors (Lipinski definition) is 3. The molecule has 3 aliphatic rings. The molecule has 3 aliphatic heterocycles. The van der Waals surface area contributed by atoms with Gasteiger partial charge in [0.15, 0.2) is 0 Å². The van der Waals surface area contributed by atoms with E-state index < -0.39 is 24.0 Å². The van der Waals surface area contributed by atoms with Gasteiger partial charge < -0.3 is 19.9 Å². The number of carbonyl (C=O) groups excluding carboxylic acids is 3. The zero-order chi connectivity index (χ0) is 21.8. The Balaban J connectivity index is 1.38. The minimum absolute atomic E-state index is 0.156. The van der Waals surface area contributed by atoms with Crippen LogP contribution in [0.4, 0.5) is 4.79 Å². The van der Waals surface area contributed by atoms with Crippen LogP contribution in [0, 0.1) is 5.92 Å². The number of ether oxygens (including phenoxy) is 1. The van der Waals surface area contributed by atoms with Crippen LogP contribution in [-0.4, -0.2) is 77.8 Å². The van der Waals surface area contributed by atoms with Gasteiger partial charge in [-0.15, -0.1) is 0 Å². The second-order valence-electron chi connectivity index (χ2n) is 8.58. The van der Waals surface area contributed by atoms with Gasteiger partial charge in [0.25, 0.3) is 0 Å². The number of rotatable bonds is 4. The Morgan fingerprint density at radius 1 is 1.06 bits per heavy atom. The van der Waals surface area contributed by atoms with E-state index in [-0.39, 0.29) is 24.3 Å². The van der Waals surface area contributed by atoms with Crippen molar-refractivity contribution >= 4 is 17.9 Å². The van der Waals surface area contributed by atoms with E-state index >= 15 is 0 Å². The Kier molecular flexibility index (Phi) is 6.72. The van der Waals surface area contributed by atoms with E-state index in [1.807, 2.05) is 18.2 Å². The number of nitrogens with one attached hydrogen (secondary N) is 2. The summed E-state index contributed by atoms with van der Waals surface area (Å²) in [6.45, 7) is 2.87. The number of amides is 3. The van der Waals surface area contributed by atoms with Crippen molar-refractivity contribution in [3.63, 3.8) is 0 Å². The van der Waals surface area contributed by atoms with Crippen molar-refractivity contribution in [2.24, 2.45) is 5.92 Å². The van der Waals surface area contributed by atoms with Crippen LogP contribution in [0.25, 0.3) is 0 Å². The molecule has 3 saturated heterocycles. The summed E-state index contributed by atoms with van der Waals surface area (Å²) >= 11 is 0. The summed E-state index contributed by atoms with van der Waals surface area (Å²) in [6, 6.07) is 9.33. The number of nitrogens with zero attached hydrogens (tertiary/aromatic N) is 2. The molecule has 1 aromatic carbocycles. The first kappa shape index (κ1) is 21.6. The van der Waals surface area contributed by atoms with Crippen molar-refractivity contribution < 1.29 is 24.3 Å². The fourth-order valence-electron chi connectivity index (χ4n) is 4.87. The van der Waals surface area contributed by atoms with Crippen molar-refractivity contribution in [2.75, 3.05) is 32.7 Å². The minimum Gasteiger partial charge on any atom is -0.445 e. The SMILES string of the molecule is O=C(NO)[C@H]1CC(OC(=O)N2CCCC2)CN[C@@H]1C(=O)N1CC[C@@H](c2ccccc2)C1. The predicted molar refractivity (Wildman–Crippen MR) is 111 cm³/mol. The van der Waals surface area contributed by atoms with Gasteiger partial charge in [0.05, 0.1) is 12.0 Å². The van der Waals surface area contributed by atoms with Gasteiger partial charge >= 0.3 is 6.09 Å². The van der Waals surface area contributed by atoms with E-state index in [9.17, 15) is 19.6 Å². The highest BCUT2D eigenvalue weighted by molar-refractivity contribution is 5.90. The molecule has 1 unspecified atom stereocenters. The second-order valence-corrected chi connectivity index (χ2v) is 8.58. The van der Waals surface area contributed by atoms with Gasteiger partial charge in [0.2, 0.25) is 11.8 Å².